The molecule has 27 heavy (non-hydrogen) atoms. The lowest BCUT2D eigenvalue weighted by Crippen LogP contribution is -2.51. The number of hydrogen-bond acceptors (Lipinski definition) is 6. The van der Waals surface area contributed by atoms with Gasteiger partial charge in [0.15, 0.2) is 29.0 Å². The van der Waals surface area contributed by atoms with Crippen molar-refractivity contribution in [2.45, 2.75) is 109 Å². The summed E-state index contributed by atoms with van der Waals surface area (Å²) in [5.41, 5.74) is 0. The zero-order valence-corrected chi connectivity index (χ0v) is 21.0. The van der Waals surface area contributed by atoms with E-state index in [1.807, 2.05) is 0 Å². The van der Waals surface area contributed by atoms with Gasteiger partial charge in [0.2, 0.25) is 0 Å². The lowest BCUT2D eigenvalue weighted by atomic mass is 10.1. The summed E-state index contributed by atoms with van der Waals surface area (Å²) >= 11 is 0. The Morgan fingerprint density at radius 3 is 1.85 bits per heavy atom. The van der Waals surface area contributed by atoms with Crippen molar-refractivity contribution < 1.29 is 28.2 Å². The molecule has 0 bridgehead atoms. The van der Waals surface area contributed by atoms with Gasteiger partial charge in [0.1, 0.15) is 12.2 Å². The standard InChI is InChI=1S/C19H40O6Si2/c1-13(20)23-15-14(12-22-26(8,9)18(2,3)4)24-17(21)16(15)25-27(10,11)19(5,6)7/h14-17,21H,12H2,1-11H3/t14-,15-,16-,17-/m1/s1. The molecule has 0 amide bonds. The first-order valence-electron chi connectivity index (χ1n) is 9.71. The number of ether oxygens (including phenoxy) is 2. The van der Waals surface area contributed by atoms with Gasteiger partial charge in [0.25, 0.3) is 0 Å². The second-order valence-corrected chi connectivity index (χ2v) is 20.1. The van der Waals surface area contributed by atoms with Gasteiger partial charge in [0.05, 0.1) is 6.61 Å². The fourth-order valence-electron chi connectivity index (χ4n) is 2.33. The molecule has 1 saturated heterocycles. The Bertz CT molecular complexity index is 521. The maximum Gasteiger partial charge on any atom is 0.303 e. The van der Waals surface area contributed by atoms with E-state index in [1.54, 1.807) is 0 Å². The Labute approximate surface area is 167 Å². The van der Waals surface area contributed by atoms with Crippen LogP contribution in [0.25, 0.3) is 0 Å². The van der Waals surface area contributed by atoms with E-state index >= 15 is 0 Å². The van der Waals surface area contributed by atoms with E-state index in [-0.39, 0.29) is 16.7 Å². The molecule has 1 heterocycles. The molecule has 0 aliphatic carbocycles. The lowest BCUT2D eigenvalue weighted by molar-refractivity contribution is -0.153. The number of esters is 1. The van der Waals surface area contributed by atoms with Crippen molar-refractivity contribution in [2.75, 3.05) is 6.61 Å². The van der Waals surface area contributed by atoms with Gasteiger partial charge in [-0.3, -0.25) is 4.79 Å². The normalized spacial score (nSPS) is 27.7. The zero-order valence-electron chi connectivity index (χ0n) is 19.0. The van der Waals surface area contributed by atoms with Crippen LogP contribution in [-0.2, 0) is 23.1 Å². The van der Waals surface area contributed by atoms with Crippen LogP contribution in [0.4, 0.5) is 0 Å². The van der Waals surface area contributed by atoms with Crippen molar-refractivity contribution in [3.8, 4) is 0 Å². The maximum absolute atomic E-state index is 11.7. The van der Waals surface area contributed by atoms with Gasteiger partial charge in [-0.25, -0.2) is 0 Å². The highest BCUT2D eigenvalue weighted by atomic mass is 28.4. The molecule has 0 radical (unpaired) electrons. The predicted molar refractivity (Wildman–Crippen MR) is 112 cm³/mol. The number of carbonyl (C=O) groups excluding carboxylic acids is 1. The van der Waals surface area contributed by atoms with E-state index < -0.39 is 47.2 Å². The summed E-state index contributed by atoms with van der Waals surface area (Å²) in [6.07, 6.45) is -3.08. The summed E-state index contributed by atoms with van der Waals surface area (Å²) in [6, 6.07) is 0. The van der Waals surface area contributed by atoms with Crippen LogP contribution in [0.5, 0.6) is 0 Å². The van der Waals surface area contributed by atoms with Crippen molar-refractivity contribution in [3.05, 3.63) is 0 Å². The van der Waals surface area contributed by atoms with Crippen LogP contribution in [0.3, 0.4) is 0 Å². The third-order valence-electron chi connectivity index (χ3n) is 6.24. The summed E-state index contributed by atoms with van der Waals surface area (Å²) < 4.78 is 23.9. The van der Waals surface area contributed by atoms with Gasteiger partial charge in [-0.2, -0.15) is 0 Å². The van der Waals surface area contributed by atoms with E-state index in [2.05, 4.69) is 67.7 Å². The van der Waals surface area contributed by atoms with Gasteiger partial charge in [0, 0.05) is 6.92 Å². The fourth-order valence-corrected chi connectivity index (χ4v) is 4.62. The highest BCUT2D eigenvalue weighted by Crippen LogP contribution is 2.41. The van der Waals surface area contributed by atoms with Crippen LogP contribution in [0.1, 0.15) is 48.5 Å². The molecule has 1 aliphatic heterocycles. The first-order chi connectivity index (χ1) is 11.9. The van der Waals surface area contributed by atoms with Crippen LogP contribution < -0.4 is 0 Å². The number of hydrogen-bond donors (Lipinski definition) is 1. The molecule has 1 rings (SSSR count). The van der Waals surface area contributed by atoms with E-state index in [4.69, 9.17) is 18.3 Å². The summed E-state index contributed by atoms with van der Waals surface area (Å²) in [4.78, 5) is 11.7. The van der Waals surface area contributed by atoms with E-state index in [0.717, 1.165) is 0 Å². The topological polar surface area (TPSA) is 74.2 Å². The molecular formula is C19H40O6Si2. The summed E-state index contributed by atoms with van der Waals surface area (Å²) in [7, 11) is -4.18. The average molecular weight is 421 g/mol. The van der Waals surface area contributed by atoms with Crippen LogP contribution in [-0.4, -0.2) is 58.9 Å². The molecular weight excluding hydrogens is 380 g/mol. The second-order valence-electron chi connectivity index (χ2n) is 10.6. The smallest absolute Gasteiger partial charge is 0.303 e. The van der Waals surface area contributed by atoms with Gasteiger partial charge >= 0.3 is 5.97 Å². The summed E-state index contributed by atoms with van der Waals surface area (Å²) in [6.45, 7) is 23.0. The molecule has 4 atom stereocenters. The predicted octanol–water partition coefficient (Wildman–Crippen LogP) is 4.05. The third-order valence-corrected chi connectivity index (χ3v) is 15.2. The van der Waals surface area contributed by atoms with Crippen LogP contribution in [0.2, 0.25) is 36.3 Å². The number of aliphatic hydroxyl groups excluding tert-OH is 1. The minimum atomic E-state index is -2.19. The Hall–Kier alpha value is -0.256. The zero-order chi connectivity index (χ0) is 21.4. The first-order valence-corrected chi connectivity index (χ1v) is 15.5. The quantitative estimate of drug-likeness (QED) is 0.516. The molecule has 0 aromatic rings. The average Bonchev–Trinajstić information content (AvgIpc) is 2.70. The van der Waals surface area contributed by atoms with Crippen LogP contribution in [0.15, 0.2) is 0 Å². The molecule has 1 N–H and O–H groups in total. The van der Waals surface area contributed by atoms with Crippen molar-refractivity contribution in [1.82, 2.24) is 0 Å². The molecule has 0 aromatic carbocycles. The SMILES string of the molecule is CC(=O)O[C@H]1[C@@H](O[Si](C)(C)C(C)(C)C)[C@H](O)O[C@@H]1CO[Si](C)(C)C(C)(C)C. The van der Waals surface area contributed by atoms with Crippen LogP contribution >= 0.6 is 0 Å². The Morgan fingerprint density at radius 1 is 0.963 bits per heavy atom. The third kappa shape index (κ3) is 6.11. The van der Waals surface area contributed by atoms with Crippen molar-refractivity contribution in [3.63, 3.8) is 0 Å². The van der Waals surface area contributed by atoms with E-state index in [9.17, 15) is 9.90 Å². The van der Waals surface area contributed by atoms with E-state index in [0.29, 0.717) is 0 Å². The summed E-state index contributed by atoms with van der Waals surface area (Å²) in [5.74, 6) is -0.418. The van der Waals surface area contributed by atoms with Gasteiger partial charge < -0.3 is 23.4 Å². The molecule has 1 fully saturated rings. The highest BCUT2D eigenvalue weighted by molar-refractivity contribution is 6.74. The second kappa shape index (κ2) is 8.24. The molecule has 0 spiro atoms. The minimum absolute atomic E-state index is 0.0385. The number of rotatable bonds is 6. The van der Waals surface area contributed by atoms with Crippen molar-refractivity contribution >= 4 is 22.6 Å². The molecule has 0 unspecified atom stereocenters. The van der Waals surface area contributed by atoms with Crippen molar-refractivity contribution in [1.29, 1.82) is 0 Å². The molecule has 1 aliphatic rings. The highest BCUT2D eigenvalue weighted by Gasteiger charge is 2.52. The van der Waals surface area contributed by atoms with Gasteiger partial charge in [-0.15, -0.1) is 0 Å². The van der Waals surface area contributed by atoms with E-state index in [1.165, 1.54) is 6.92 Å². The molecule has 8 heteroatoms. The number of aliphatic hydroxyl groups is 1. The molecule has 0 saturated carbocycles. The van der Waals surface area contributed by atoms with Crippen molar-refractivity contribution in [2.24, 2.45) is 0 Å². The van der Waals surface area contributed by atoms with Gasteiger partial charge in [-0.05, 0) is 36.3 Å². The Morgan fingerprint density at radius 2 is 1.44 bits per heavy atom. The Kier molecular flexibility index (Phi) is 7.56. The lowest BCUT2D eigenvalue weighted by Gasteiger charge is -2.40. The maximum atomic E-state index is 11.7. The number of carbonyl (C=O) groups is 1. The Balaban J connectivity index is 2.99. The summed E-state index contributed by atoms with van der Waals surface area (Å²) in [5, 5.41) is 10.5. The minimum Gasteiger partial charge on any atom is -0.457 e. The van der Waals surface area contributed by atoms with Crippen LogP contribution in [0, 0.1) is 0 Å². The fraction of sp³-hybridized carbons (Fsp3) is 0.947. The van der Waals surface area contributed by atoms with Gasteiger partial charge in [-0.1, -0.05) is 41.5 Å². The monoisotopic (exact) mass is 420 g/mol. The molecule has 0 aromatic heterocycles. The largest absolute Gasteiger partial charge is 0.457 e. The first kappa shape index (κ1) is 24.8. The molecule has 6 nitrogen and oxygen atoms in total. The molecule has 160 valence electrons.